The number of aryl methyl sites for hydroxylation is 1. The van der Waals surface area contributed by atoms with E-state index < -0.39 is 5.97 Å². The van der Waals surface area contributed by atoms with E-state index in [1.54, 1.807) is 0 Å². The monoisotopic (exact) mass is 373 g/mol. The summed E-state index contributed by atoms with van der Waals surface area (Å²) in [4.78, 5) is 25.8. The summed E-state index contributed by atoms with van der Waals surface area (Å²) < 4.78 is 10.5. The first-order chi connectivity index (χ1) is 12.5. The van der Waals surface area contributed by atoms with E-state index in [0.29, 0.717) is 22.2 Å². The number of methoxy groups -OCH3 is 1. The van der Waals surface area contributed by atoms with Gasteiger partial charge >= 0.3 is 5.97 Å². The fraction of sp³-hybridized carbons (Fsp3) is 0.400. The molecule has 2 aromatic rings. The van der Waals surface area contributed by atoms with Gasteiger partial charge in [0.1, 0.15) is 10.8 Å². The van der Waals surface area contributed by atoms with Gasteiger partial charge in [0, 0.05) is 4.88 Å². The number of carbonyl (C=O) groups excluding carboxylic acids is 2. The van der Waals surface area contributed by atoms with E-state index in [1.807, 2.05) is 31.2 Å². The van der Waals surface area contributed by atoms with Crippen molar-refractivity contribution >= 4 is 28.2 Å². The van der Waals surface area contributed by atoms with Crippen LogP contribution in [0.1, 0.15) is 39.7 Å². The second-order valence-electron chi connectivity index (χ2n) is 6.65. The molecule has 0 bridgehead atoms. The predicted molar refractivity (Wildman–Crippen MR) is 102 cm³/mol. The van der Waals surface area contributed by atoms with Gasteiger partial charge in [-0.3, -0.25) is 4.79 Å². The number of para-hydroxylation sites is 1. The molecule has 0 fully saturated rings. The quantitative estimate of drug-likeness (QED) is 0.805. The molecular weight excluding hydrogens is 350 g/mol. The van der Waals surface area contributed by atoms with Gasteiger partial charge < -0.3 is 14.8 Å². The molecule has 0 spiro atoms. The lowest BCUT2D eigenvalue weighted by molar-refractivity contribution is -0.118. The Bertz CT molecular complexity index is 827. The summed E-state index contributed by atoms with van der Waals surface area (Å²) in [6.07, 6.45) is 2.81. The number of hydrogen-bond donors (Lipinski definition) is 1. The maximum absolute atomic E-state index is 12.4. The van der Waals surface area contributed by atoms with E-state index in [1.165, 1.54) is 23.3 Å². The maximum atomic E-state index is 12.4. The average molecular weight is 373 g/mol. The van der Waals surface area contributed by atoms with Gasteiger partial charge in [-0.25, -0.2) is 4.79 Å². The zero-order valence-corrected chi connectivity index (χ0v) is 16.1. The van der Waals surface area contributed by atoms with Crippen LogP contribution < -0.4 is 10.1 Å². The van der Waals surface area contributed by atoms with Gasteiger partial charge in [0.2, 0.25) is 0 Å². The standard InChI is InChI=1S/C20H23NO4S/c1-12-8-9-14-16(10-12)26-19(18(14)20(23)24-3)21-17(22)11-25-15-7-5-4-6-13(15)2/h4-7,12H,8-11H2,1-3H3,(H,21,22)/t12-/m1/s1. The summed E-state index contributed by atoms with van der Waals surface area (Å²) in [5.74, 6) is 0.576. The second-order valence-corrected chi connectivity index (χ2v) is 7.75. The third kappa shape index (κ3) is 3.90. The van der Waals surface area contributed by atoms with Crippen molar-refractivity contribution in [2.24, 2.45) is 5.92 Å². The number of hydrogen-bond acceptors (Lipinski definition) is 5. The van der Waals surface area contributed by atoms with Crippen LogP contribution in [0.2, 0.25) is 0 Å². The molecule has 1 atom stereocenters. The fourth-order valence-corrected chi connectivity index (χ4v) is 4.60. The lowest BCUT2D eigenvalue weighted by atomic mass is 9.88. The number of benzene rings is 1. The lowest BCUT2D eigenvalue weighted by Gasteiger charge is -2.18. The van der Waals surface area contributed by atoms with E-state index in [4.69, 9.17) is 9.47 Å². The number of thiophene rings is 1. The zero-order valence-electron chi connectivity index (χ0n) is 15.3. The molecular formula is C20H23NO4S. The number of ether oxygens (including phenoxy) is 2. The zero-order chi connectivity index (χ0) is 18.7. The summed E-state index contributed by atoms with van der Waals surface area (Å²) in [5, 5.41) is 3.41. The van der Waals surface area contributed by atoms with E-state index in [0.717, 1.165) is 30.4 Å². The molecule has 1 aromatic carbocycles. The van der Waals surface area contributed by atoms with Crippen LogP contribution in [-0.2, 0) is 22.4 Å². The Morgan fingerprint density at radius 1 is 1.31 bits per heavy atom. The van der Waals surface area contributed by atoms with E-state index in [-0.39, 0.29) is 12.5 Å². The molecule has 1 amide bonds. The van der Waals surface area contributed by atoms with Crippen molar-refractivity contribution in [2.45, 2.75) is 33.1 Å². The van der Waals surface area contributed by atoms with Crippen molar-refractivity contribution in [2.75, 3.05) is 19.0 Å². The molecule has 26 heavy (non-hydrogen) atoms. The Labute approximate surface area is 157 Å². The minimum absolute atomic E-state index is 0.107. The van der Waals surface area contributed by atoms with Gasteiger partial charge in [-0.1, -0.05) is 25.1 Å². The molecule has 3 rings (SSSR count). The van der Waals surface area contributed by atoms with Crippen molar-refractivity contribution in [3.8, 4) is 5.75 Å². The van der Waals surface area contributed by atoms with Crippen LogP contribution >= 0.6 is 11.3 Å². The van der Waals surface area contributed by atoms with Gasteiger partial charge in [-0.15, -0.1) is 11.3 Å². The molecule has 138 valence electrons. The topological polar surface area (TPSA) is 64.6 Å². The highest BCUT2D eigenvalue weighted by Crippen LogP contribution is 2.40. The van der Waals surface area contributed by atoms with E-state index in [9.17, 15) is 9.59 Å². The van der Waals surface area contributed by atoms with Crippen LogP contribution in [-0.4, -0.2) is 25.6 Å². The number of esters is 1. The molecule has 6 heteroatoms. The summed E-state index contributed by atoms with van der Waals surface area (Å²) in [6, 6.07) is 7.54. The van der Waals surface area contributed by atoms with Gasteiger partial charge in [0.25, 0.3) is 5.91 Å². The Morgan fingerprint density at radius 3 is 2.81 bits per heavy atom. The first kappa shape index (κ1) is 18.5. The van der Waals surface area contributed by atoms with E-state index >= 15 is 0 Å². The Balaban J connectivity index is 1.75. The Kier molecular flexibility index (Phi) is 5.61. The van der Waals surface area contributed by atoms with E-state index in [2.05, 4.69) is 12.2 Å². The number of fused-ring (bicyclic) bond motifs is 1. The maximum Gasteiger partial charge on any atom is 0.341 e. The minimum Gasteiger partial charge on any atom is -0.483 e. The molecule has 0 unspecified atom stereocenters. The largest absolute Gasteiger partial charge is 0.483 e. The van der Waals surface area contributed by atoms with Gasteiger partial charge in [-0.05, 0) is 49.3 Å². The molecule has 5 nitrogen and oxygen atoms in total. The molecule has 0 saturated carbocycles. The highest BCUT2D eigenvalue weighted by atomic mass is 32.1. The summed E-state index contributed by atoms with van der Waals surface area (Å²) in [7, 11) is 1.37. The van der Waals surface area contributed by atoms with Crippen LogP contribution in [0, 0.1) is 12.8 Å². The number of anilines is 1. The van der Waals surface area contributed by atoms with Crippen molar-refractivity contribution in [1.29, 1.82) is 0 Å². The summed E-state index contributed by atoms with van der Waals surface area (Å²) >= 11 is 1.47. The van der Waals surface area contributed by atoms with Crippen LogP contribution in [0.25, 0.3) is 0 Å². The van der Waals surface area contributed by atoms with Crippen molar-refractivity contribution in [3.63, 3.8) is 0 Å². The molecule has 1 aliphatic carbocycles. The molecule has 1 N–H and O–H groups in total. The predicted octanol–water partition coefficient (Wildman–Crippen LogP) is 3.99. The van der Waals surface area contributed by atoms with Gasteiger partial charge in [0.15, 0.2) is 6.61 Å². The SMILES string of the molecule is COC(=O)c1c(NC(=O)COc2ccccc2C)sc2c1CC[C@@H](C)C2. The van der Waals surface area contributed by atoms with Crippen molar-refractivity contribution in [3.05, 3.63) is 45.8 Å². The van der Waals surface area contributed by atoms with Gasteiger partial charge in [-0.2, -0.15) is 0 Å². The normalized spacial score (nSPS) is 15.9. The third-order valence-electron chi connectivity index (χ3n) is 4.61. The highest BCUT2D eigenvalue weighted by molar-refractivity contribution is 7.17. The van der Waals surface area contributed by atoms with Crippen molar-refractivity contribution in [1.82, 2.24) is 0 Å². The Morgan fingerprint density at radius 2 is 2.08 bits per heavy atom. The molecule has 1 aliphatic rings. The lowest BCUT2D eigenvalue weighted by Crippen LogP contribution is -2.21. The fourth-order valence-electron chi connectivity index (χ4n) is 3.18. The summed E-state index contributed by atoms with van der Waals surface area (Å²) in [6.45, 7) is 4.02. The van der Waals surface area contributed by atoms with Crippen LogP contribution in [0.5, 0.6) is 5.75 Å². The number of rotatable bonds is 5. The minimum atomic E-state index is -0.396. The number of amides is 1. The van der Waals surface area contributed by atoms with Gasteiger partial charge in [0.05, 0.1) is 12.7 Å². The molecule has 0 saturated heterocycles. The summed E-state index contributed by atoms with van der Waals surface area (Å²) in [5.41, 5.74) is 2.50. The van der Waals surface area contributed by atoms with Crippen LogP contribution in [0.4, 0.5) is 5.00 Å². The first-order valence-corrected chi connectivity index (χ1v) is 9.52. The second kappa shape index (κ2) is 7.91. The highest BCUT2D eigenvalue weighted by Gasteiger charge is 2.28. The van der Waals surface area contributed by atoms with Crippen molar-refractivity contribution < 1.29 is 19.1 Å². The number of nitrogens with one attached hydrogen (secondary N) is 1. The Hall–Kier alpha value is -2.34. The van der Waals surface area contributed by atoms with Crippen LogP contribution in [0.3, 0.4) is 0 Å². The average Bonchev–Trinajstić information content (AvgIpc) is 2.97. The van der Waals surface area contributed by atoms with Crippen LogP contribution in [0.15, 0.2) is 24.3 Å². The number of carbonyl (C=O) groups is 2. The molecule has 1 aromatic heterocycles. The molecule has 0 aliphatic heterocycles. The molecule has 1 heterocycles. The third-order valence-corrected chi connectivity index (χ3v) is 5.78. The smallest absolute Gasteiger partial charge is 0.341 e. The first-order valence-electron chi connectivity index (χ1n) is 8.70. The molecule has 0 radical (unpaired) electrons.